The number of carbonyl (C=O) groups excluding carboxylic acids is 1. The Hall–Kier alpha value is -3.27. The summed E-state index contributed by atoms with van der Waals surface area (Å²) in [5.74, 6) is 1.74. The highest BCUT2D eigenvalue weighted by Crippen LogP contribution is 2.28. The minimum atomic E-state index is 0.0963. The number of amides is 1. The first-order valence-corrected chi connectivity index (χ1v) is 11.3. The molecule has 0 fully saturated rings. The highest BCUT2D eigenvalue weighted by Gasteiger charge is 2.16. The van der Waals surface area contributed by atoms with Crippen LogP contribution in [-0.4, -0.2) is 26.7 Å². The molecule has 0 aliphatic carbocycles. The Kier molecular flexibility index (Phi) is 9.18. The standard InChI is InChI=1S/C28H33NO3/c1-31-26-17-16-23(20-27(26)32-2)18-19-29-28(30)21-25(24-13-7-4-8-14-24)15-9-12-22-10-5-3-6-11-22/h3-8,10-11,13-14,16-17,20,25H,9,12,15,18-19,21H2,1-2H3,(H,29,30). The van der Waals surface area contributed by atoms with Crippen molar-refractivity contribution in [2.45, 2.75) is 38.0 Å². The van der Waals surface area contributed by atoms with Crippen LogP contribution < -0.4 is 14.8 Å². The van der Waals surface area contributed by atoms with Gasteiger partial charge in [-0.05, 0) is 60.4 Å². The number of hydrogen-bond donors (Lipinski definition) is 1. The third kappa shape index (κ3) is 7.16. The number of methoxy groups -OCH3 is 2. The minimum absolute atomic E-state index is 0.0963. The second kappa shape index (κ2) is 12.6. The zero-order chi connectivity index (χ0) is 22.6. The van der Waals surface area contributed by atoms with Gasteiger partial charge in [-0.2, -0.15) is 0 Å². The van der Waals surface area contributed by atoms with Gasteiger partial charge in [-0.25, -0.2) is 0 Å². The van der Waals surface area contributed by atoms with Crippen LogP contribution in [0.4, 0.5) is 0 Å². The third-order valence-electron chi connectivity index (χ3n) is 5.75. The SMILES string of the molecule is COc1ccc(CCNC(=O)CC(CCCc2ccccc2)c2ccccc2)cc1OC. The Morgan fingerprint density at radius 1 is 0.812 bits per heavy atom. The van der Waals surface area contributed by atoms with Gasteiger partial charge in [0.15, 0.2) is 11.5 Å². The van der Waals surface area contributed by atoms with E-state index in [4.69, 9.17) is 9.47 Å². The lowest BCUT2D eigenvalue weighted by atomic mass is 9.89. The monoisotopic (exact) mass is 431 g/mol. The molecule has 1 unspecified atom stereocenters. The Morgan fingerprint density at radius 2 is 1.50 bits per heavy atom. The lowest BCUT2D eigenvalue weighted by molar-refractivity contribution is -0.121. The molecule has 3 aromatic carbocycles. The van der Waals surface area contributed by atoms with Gasteiger partial charge in [-0.1, -0.05) is 66.7 Å². The molecule has 0 radical (unpaired) electrons. The van der Waals surface area contributed by atoms with Crippen LogP contribution in [0.3, 0.4) is 0 Å². The molecule has 1 N–H and O–H groups in total. The van der Waals surface area contributed by atoms with E-state index in [1.54, 1.807) is 14.2 Å². The zero-order valence-electron chi connectivity index (χ0n) is 19.1. The number of aryl methyl sites for hydroxylation is 1. The molecule has 0 aliphatic rings. The van der Waals surface area contributed by atoms with Crippen LogP contribution in [0.25, 0.3) is 0 Å². The maximum atomic E-state index is 12.7. The van der Waals surface area contributed by atoms with Gasteiger partial charge in [0.2, 0.25) is 5.91 Å². The lowest BCUT2D eigenvalue weighted by Gasteiger charge is -2.17. The fraction of sp³-hybridized carbons (Fsp3) is 0.321. The molecular weight excluding hydrogens is 398 g/mol. The molecule has 0 aromatic heterocycles. The number of benzene rings is 3. The third-order valence-corrected chi connectivity index (χ3v) is 5.75. The van der Waals surface area contributed by atoms with Crippen LogP contribution in [0, 0.1) is 0 Å². The van der Waals surface area contributed by atoms with E-state index >= 15 is 0 Å². The van der Waals surface area contributed by atoms with E-state index in [9.17, 15) is 4.79 Å². The molecule has 4 nitrogen and oxygen atoms in total. The van der Waals surface area contributed by atoms with Crippen LogP contribution in [0.15, 0.2) is 78.9 Å². The molecule has 168 valence electrons. The van der Waals surface area contributed by atoms with Gasteiger partial charge < -0.3 is 14.8 Å². The van der Waals surface area contributed by atoms with Crippen molar-refractivity contribution in [1.82, 2.24) is 5.32 Å². The van der Waals surface area contributed by atoms with Crippen LogP contribution in [0.2, 0.25) is 0 Å². The fourth-order valence-electron chi connectivity index (χ4n) is 3.99. The Labute approximate surface area is 191 Å². The van der Waals surface area contributed by atoms with Gasteiger partial charge in [-0.15, -0.1) is 0 Å². The number of ether oxygens (including phenoxy) is 2. The van der Waals surface area contributed by atoms with E-state index in [1.807, 2.05) is 30.3 Å². The van der Waals surface area contributed by atoms with Crippen molar-refractivity contribution < 1.29 is 14.3 Å². The van der Waals surface area contributed by atoms with Gasteiger partial charge in [0.1, 0.15) is 0 Å². The lowest BCUT2D eigenvalue weighted by Crippen LogP contribution is -2.27. The van der Waals surface area contributed by atoms with Crippen LogP contribution in [0.5, 0.6) is 11.5 Å². The van der Waals surface area contributed by atoms with Crippen molar-refractivity contribution in [2.75, 3.05) is 20.8 Å². The van der Waals surface area contributed by atoms with Crippen molar-refractivity contribution in [1.29, 1.82) is 0 Å². The van der Waals surface area contributed by atoms with E-state index in [-0.39, 0.29) is 11.8 Å². The Balaban J connectivity index is 1.52. The van der Waals surface area contributed by atoms with Crippen LogP contribution >= 0.6 is 0 Å². The van der Waals surface area contributed by atoms with Gasteiger partial charge in [-0.3, -0.25) is 4.79 Å². The first-order chi connectivity index (χ1) is 15.7. The van der Waals surface area contributed by atoms with Crippen molar-refractivity contribution in [2.24, 2.45) is 0 Å². The van der Waals surface area contributed by atoms with E-state index in [0.29, 0.717) is 24.5 Å². The summed E-state index contributed by atoms with van der Waals surface area (Å²) in [7, 11) is 3.26. The maximum absolute atomic E-state index is 12.7. The molecule has 3 aromatic rings. The number of nitrogens with one attached hydrogen (secondary N) is 1. The Morgan fingerprint density at radius 3 is 2.19 bits per heavy atom. The van der Waals surface area contributed by atoms with Crippen molar-refractivity contribution in [3.05, 3.63) is 95.6 Å². The molecule has 3 rings (SSSR count). The maximum Gasteiger partial charge on any atom is 0.220 e. The fourth-order valence-corrected chi connectivity index (χ4v) is 3.99. The molecule has 0 spiro atoms. The predicted octanol–water partition coefficient (Wildman–Crippen LogP) is 5.56. The highest BCUT2D eigenvalue weighted by atomic mass is 16.5. The average molecular weight is 432 g/mol. The second-order valence-corrected chi connectivity index (χ2v) is 7.98. The van der Waals surface area contributed by atoms with Crippen LogP contribution in [0.1, 0.15) is 41.9 Å². The summed E-state index contributed by atoms with van der Waals surface area (Å²) in [4.78, 5) is 12.7. The van der Waals surface area contributed by atoms with Gasteiger partial charge in [0.05, 0.1) is 14.2 Å². The topological polar surface area (TPSA) is 47.6 Å². The molecule has 0 aliphatic heterocycles. The minimum Gasteiger partial charge on any atom is -0.493 e. The molecule has 1 amide bonds. The molecule has 4 heteroatoms. The molecule has 0 bridgehead atoms. The molecular formula is C28H33NO3. The highest BCUT2D eigenvalue weighted by molar-refractivity contribution is 5.76. The van der Waals surface area contributed by atoms with E-state index < -0.39 is 0 Å². The Bertz CT molecular complexity index is 957. The van der Waals surface area contributed by atoms with E-state index in [0.717, 1.165) is 31.2 Å². The van der Waals surface area contributed by atoms with Crippen molar-refractivity contribution in [3.63, 3.8) is 0 Å². The molecule has 1 atom stereocenters. The van der Waals surface area contributed by atoms with Crippen LogP contribution in [-0.2, 0) is 17.6 Å². The van der Waals surface area contributed by atoms with E-state index in [2.05, 4.69) is 53.8 Å². The van der Waals surface area contributed by atoms with Crippen molar-refractivity contribution >= 4 is 5.91 Å². The molecule has 0 saturated carbocycles. The second-order valence-electron chi connectivity index (χ2n) is 7.98. The number of hydrogen-bond acceptors (Lipinski definition) is 3. The molecule has 0 heterocycles. The normalized spacial score (nSPS) is 11.6. The summed E-state index contributed by atoms with van der Waals surface area (Å²) >= 11 is 0. The zero-order valence-corrected chi connectivity index (χ0v) is 19.1. The van der Waals surface area contributed by atoms with Gasteiger partial charge >= 0.3 is 0 Å². The first-order valence-electron chi connectivity index (χ1n) is 11.3. The number of carbonyl (C=O) groups is 1. The van der Waals surface area contributed by atoms with Crippen molar-refractivity contribution in [3.8, 4) is 11.5 Å². The largest absolute Gasteiger partial charge is 0.493 e. The number of rotatable bonds is 12. The van der Waals surface area contributed by atoms with Gasteiger partial charge in [0, 0.05) is 13.0 Å². The summed E-state index contributed by atoms with van der Waals surface area (Å²) in [5.41, 5.74) is 3.68. The summed E-state index contributed by atoms with van der Waals surface area (Å²) in [6, 6.07) is 26.8. The predicted molar refractivity (Wildman–Crippen MR) is 129 cm³/mol. The smallest absolute Gasteiger partial charge is 0.220 e. The first kappa shape index (κ1) is 23.4. The van der Waals surface area contributed by atoms with Gasteiger partial charge in [0.25, 0.3) is 0 Å². The molecule has 32 heavy (non-hydrogen) atoms. The summed E-state index contributed by atoms with van der Waals surface area (Å²) < 4.78 is 10.6. The average Bonchev–Trinajstić information content (AvgIpc) is 2.84. The quantitative estimate of drug-likeness (QED) is 0.408. The summed E-state index contributed by atoms with van der Waals surface area (Å²) in [6.45, 7) is 0.597. The summed E-state index contributed by atoms with van der Waals surface area (Å²) in [6.07, 6.45) is 4.33. The molecule has 0 saturated heterocycles. The van der Waals surface area contributed by atoms with E-state index in [1.165, 1.54) is 11.1 Å². The summed E-state index contributed by atoms with van der Waals surface area (Å²) in [5, 5.41) is 3.09.